The van der Waals surface area contributed by atoms with Crippen molar-refractivity contribution in [1.29, 1.82) is 5.26 Å². The topological polar surface area (TPSA) is 33.0 Å². The highest BCUT2D eigenvalue weighted by atomic mass is 79.9. The normalized spacial score (nSPS) is 10.1. The number of hydrogen-bond acceptors (Lipinski definition) is 2. The second-order valence-electron chi connectivity index (χ2n) is 4.58. The van der Waals surface area contributed by atoms with Crippen LogP contribution in [0.3, 0.4) is 0 Å². The first-order valence-corrected chi connectivity index (χ1v) is 6.76. The molecule has 0 spiro atoms. The van der Waals surface area contributed by atoms with Gasteiger partial charge in [0.1, 0.15) is 17.6 Å². The fraction of sp³-hybridized carbons (Fsp3) is 0.188. The number of aryl methyl sites for hydroxylation is 3. The third kappa shape index (κ3) is 2.97. The van der Waals surface area contributed by atoms with Gasteiger partial charge >= 0.3 is 0 Å². The summed E-state index contributed by atoms with van der Waals surface area (Å²) in [5, 5.41) is 9.14. The molecule has 0 atom stereocenters. The quantitative estimate of drug-likeness (QED) is 0.778. The standard InChI is InChI=1S/C16H14BrNO/c1-10-4-5-15(13(6-10)9-18)19-14-7-11(2)16(17)12(3)8-14/h4-8H,1-3H3. The van der Waals surface area contributed by atoms with E-state index in [2.05, 4.69) is 22.0 Å². The second kappa shape index (κ2) is 5.46. The highest BCUT2D eigenvalue weighted by molar-refractivity contribution is 9.10. The Morgan fingerprint density at radius 2 is 1.68 bits per heavy atom. The maximum atomic E-state index is 9.14. The van der Waals surface area contributed by atoms with Gasteiger partial charge in [-0.2, -0.15) is 5.26 Å². The average Bonchev–Trinajstić information content (AvgIpc) is 2.38. The van der Waals surface area contributed by atoms with E-state index in [0.29, 0.717) is 11.3 Å². The summed E-state index contributed by atoms with van der Waals surface area (Å²) >= 11 is 3.53. The molecule has 2 nitrogen and oxygen atoms in total. The summed E-state index contributed by atoms with van der Waals surface area (Å²) in [6.45, 7) is 5.99. The Morgan fingerprint density at radius 1 is 1.05 bits per heavy atom. The molecule has 2 aromatic carbocycles. The van der Waals surface area contributed by atoms with Crippen molar-refractivity contribution in [3.63, 3.8) is 0 Å². The van der Waals surface area contributed by atoms with Crippen LogP contribution in [0.2, 0.25) is 0 Å². The Labute approximate surface area is 121 Å². The van der Waals surface area contributed by atoms with E-state index in [4.69, 9.17) is 10.00 Å². The summed E-state index contributed by atoms with van der Waals surface area (Å²) in [5.74, 6) is 1.34. The van der Waals surface area contributed by atoms with Gasteiger partial charge in [0.2, 0.25) is 0 Å². The van der Waals surface area contributed by atoms with Crippen LogP contribution in [0, 0.1) is 32.1 Å². The second-order valence-corrected chi connectivity index (χ2v) is 5.38. The summed E-state index contributed by atoms with van der Waals surface area (Å²) in [6.07, 6.45) is 0. The van der Waals surface area contributed by atoms with Gasteiger partial charge in [0.25, 0.3) is 0 Å². The van der Waals surface area contributed by atoms with E-state index in [-0.39, 0.29) is 0 Å². The number of hydrogen-bond donors (Lipinski definition) is 0. The molecule has 0 fully saturated rings. The Balaban J connectivity index is 2.40. The lowest BCUT2D eigenvalue weighted by molar-refractivity contribution is 0.480. The minimum atomic E-state index is 0.554. The van der Waals surface area contributed by atoms with E-state index in [9.17, 15) is 0 Å². The first-order chi connectivity index (χ1) is 9.01. The van der Waals surface area contributed by atoms with Crippen LogP contribution in [0.1, 0.15) is 22.3 Å². The zero-order valence-corrected chi connectivity index (χ0v) is 12.7. The molecule has 0 bridgehead atoms. The van der Waals surface area contributed by atoms with Gasteiger partial charge in [0.05, 0.1) is 5.56 Å². The molecule has 2 aromatic rings. The highest BCUT2D eigenvalue weighted by Crippen LogP contribution is 2.31. The van der Waals surface area contributed by atoms with Gasteiger partial charge in [-0.15, -0.1) is 0 Å². The lowest BCUT2D eigenvalue weighted by Crippen LogP contribution is -1.91. The largest absolute Gasteiger partial charge is 0.456 e. The van der Waals surface area contributed by atoms with E-state index in [1.54, 1.807) is 0 Å². The van der Waals surface area contributed by atoms with Crippen molar-refractivity contribution in [3.8, 4) is 17.6 Å². The number of benzene rings is 2. The number of halogens is 1. The van der Waals surface area contributed by atoms with Gasteiger partial charge in [-0.25, -0.2) is 0 Å². The molecule has 0 aliphatic rings. The molecule has 0 radical (unpaired) electrons. The van der Waals surface area contributed by atoms with E-state index >= 15 is 0 Å². The van der Waals surface area contributed by atoms with Crippen molar-refractivity contribution in [1.82, 2.24) is 0 Å². The summed E-state index contributed by atoms with van der Waals surface area (Å²) in [6, 6.07) is 11.7. The van der Waals surface area contributed by atoms with Gasteiger partial charge in [-0.05, 0) is 61.7 Å². The van der Waals surface area contributed by atoms with Crippen LogP contribution in [-0.2, 0) is 0 Å². The molecule has 19 heavy (non-hydrogen) atoms. The van der Waals surface area contributed by atoms with Crippen molar-refractivity contribution in [3.05, 3.63) is 57.1 Å². The molecule has 0 saturated heterocycles. The summed E-state index contributed by atoms with van der Waals surface area (Å²) in [5.41, 5.74) is 3.83. The van der Waals surface area contributed by atoms with Gasteiger partial charge in [-0.1, -0.05) is 22.0 Å². The predicted octanol–water partition coefficient (Wildman–Crippen LogP) is 5.04. The minimum Gasteiger partial charge on any atom is -0.456 e. The monoisotopic (exact) mass is 315 g/mol. The SMILES string of the molecule is Cc1ccc(Oc2cc(C)c(Br)c(C)c2)c(C#N)c1. The molecule has 0 aliphatic carbocycles. The smallest absolute Gasteiger partial charge is 0.145 e. The lowest BCUT2D eigenvalue weighted by Gasteiger charge is -2.11. The fourth-order valence-electron chi connectivity index (χ4n) is 1.91. The summed E-state index contributed by atoms with van der Waals surface area (Å²) < 4.78 is 6.92. The minimum absolute atomic E-state index is 0.554. The average molecular weight is 316 g/mol. The Morgan fingerprint density at radius 3 is 2.26 bits per heavy atom. The Kier molecular flexibility index (Phi) is 3.92. The molecule has 0 amide bonds. The molecule has 0 heterocycles. The maximum absolute atomic E-state index is 9.14. The van der Waals surface area contributed by atoms with E-state index in [1.165, 1.54) is 0 Å². The van der Waals surface area contributed by atoms with Crippen LogP contribution in [-0.4, -0.2) is 0 Å². The molecule has 0 aliphatic heterocycles. The molecule has 0 N–H and O–H groups in total. The number of nitriles is 1. The summed E-state index contributed by atoms with van der Waals surface area (Å²) in [4.78, 5) is 0. The van der Waals surface area contributed by atoms with Crippen molar-refractivity contribution in [2.24, 2.45) is 0 Å². The van der Waals surface area contributed by atoms with Crippen molar-refractivity contribution in [2.75, 3.05) is 0 Å². The molecule has 96 valence electrons. The Hall–Kier alpha value is -1.79. The summed E-state index contributed by atoms with van der Waals surface area (Å²) in [7, 11) is 0. The molecular formula is C16H14BrNO. The fourth-order valence-corrected chi connectivity index (χ4v) is 2.14. The first kappa shape index (κ1) is 13.6. The van der Waals surface area contributed by atoms with Gasteiger partial charge < -0.3 is 4.74 Å². The van der Waals surface area contributed by atoms with Crippen LogP contribution in [0.4, 0.5) is 0 Å². The maximum Gasteiger partial charge on any atom is 0.145 e. The van der Waals surface area contributed by atoms with Crippen molar-refractivity contribution >= 4 is 15.9 Å². The van der Waals surface area contributed by atoms with Gasteiger partial charge in [0, 0.05) is 4.47 Å². The van der Waals surface area contributed by atoms with E-state index < -0.39 is 0 Å². The predicted molar refractivity (Wildman–Crippen MR) is 79.6 cm³/mol. The van der Waals surface area contributed by atoms with E-state index in [1.807, 2.05) is 51.1 Å². The van der Waals surface area contributed by atoms with E-state index in [0.717, 1.165) is 26.9 Å². The van der Waals surface area contributed by atoms with Gasteiger partial charge in [0.15, 0.2) is 0 Å². The Bertz CT molecular complexity index is 648. The van der Waals surface area contributed by atoms with Crippen LogP contribution >= 0.6 is 15.9 Å². The molecule has 3 heteroatoms. The van der Waals surface area contributed by atoms with Crippen LogP contribution in [0.5, 0.6) is 11.5 Å². The van der Waals surface area contributed by atoms with Crippen LogP contribution < -0.4 is 4.74 Å². The van der Waals surface area contributed by atoms with Crippen LogP contribution in [0.25, 0.3) is 0 Å². The molecular weight excluding hydrogens is 302 g/mol. The number of nitrogens with zero attached hydrogens (tertiary/aromatic N) is 1. The lowest BCUT2D eigenvalue weighted by atomic mass is 10.1. The molecule has 2 rings (SSSR count). The zero-order chi connectivity index (χ0) is 14.0. The third-order valence-electron chi connectivity index (χ3n) is 2.89. The van der Waals surface area contributed by atoms with Gasteiger partial charge in [-0.3, -0.25) is 0 Å². The zero-order valence-electron chi connectivity index (χ0n) is 11.1. The van der Waals surface area contributed by atoms with Crippen molar-refractivity contribution in [2.45, 2.75) is 20.8 Å². The highest BCUT2D eigenvalue weighted by Gasteiger charge is 2.07. The van der Waals surface area contributed by atoms with Crippen molar-refractivity contribution < 1.29 is 4.74 Å². The first-order valence-electron chi connectivity index (χ1n) is 5.96. The number of rotatable bonds is 2. The van der Waals surface area contributed by atoms with Crippen LogP contribution in [0.15, 0.2) is 34.8 Å². The third-order valence-corrected chi connectivity index (χ3v) is 4.14. The molecule has 0 unspecified atom stereocenters. The molecule has 0 aromatic heterocycles. The molecule has 0 saturated carbocycles. The number of ether oxygens (including phenoxy) is 1.